The van der Waals surface area contributed by atoms with Crippen molar-refractivity contribution >= 4 is 35.0 Å². The average molecular weight is 342 g/mol. The Hall–Kier alpha value is -2.73. The fraction of sp³-hybridized carbons (Fsp3) is 0.111. The summed E-state index contributed by atoms with van der Waals surface area (Å²) in [7, 11) is 0. The molecule has 3 rings (SSSR count). The Morgan fingerprint density at radius 1 is 1.21 bits per heavy atom. The molecule has 2 aromatic rings. The van der Waals surface area contributed by atoms with Gasteiger partial charge >= 0.3 is 0 Å². The highest BCUT2D eigenvalue weighted by Gasteiger charge is 2.33. The van der Waals surface area contributed by atoms with Gasteiger partial charge in [-0.25, -0.2) is 9.29 Å². The van der Waals surface area contributed by atoms with Crippen molar-refractivity contribution in [2.24, 2.45) is 0 Å². The first-order valence-electron chi connectivity index (χ1n) is 7.30. The molecule has 0 radical (unpaired) electrons. The SMILES string of the molecule is Cc1cc(/C=C2/NC(=S)N(c3ccccc3F)C2=O)cc(C)c1O. The normalized spacial score (nSPS) is 16.0. The van der Waals surface area contributed by atoms with Crippen molar-refractivity contribution in [1.29, 1.82) is 0 Å². The number of aryl methyl sites for hydroxylation is 2. The zero-order valence-corrected chi connectivity index (χ0v) is 13.9. The summed E-state index contributed by atoms with van der Waals surface area (Å²) in [5, 5.41) is 12.8. The molecule has 1 heterocycles. The molecule has 0 bridgehead atoms. The summed E-state index contributed by atoms with van der Waals surface area (Å²) >= 11 is 5.17. The Balaban J connectivity index is 1.99. The van der Waals surface area contributed by atoms with Crippen molar-refractivity contribution < 1.29 is 14.3 Å². The molecule has 1 aliphatic heterocycles. The number of benzene rings is 2. The lowest BCUT2D eigenvalue weighted by molar-refractivity contribution is -0.113. The van der Waals surface area contributed by atoms with Gasteiger partial charge in [-0.3, -0.25) is 4.79 Å². The molecular weight excluding hydrogens is 327 g/mol. The van der Waals surface area contributed by atoms with Crippen LogP contribution < -0.4 is 10.2 Å². The van der Waals surface area contributed by atoms with Gasteiger partial charge in [0.2, 0.25) is 0 Å². The fourth-order valence-electron chi connectivity index (χ4n) is 2.63. The molecule has 0 aliphatic carbocycles. The van der Waals surface area contributed by atoms with E-state index in [9.17, 15) is 14.3 Å². The summed E-state index contributed by atoms with van der Waals surface area (Å²) in [6.07, 6.45) is 1.63. The van der Waals surface area contributed by atoms with Gasteiger partial charge in [0, 0.05) is 0 Å². The number of carbonyl (C=O) groups is 1. The maximum atomic E-state index is 14.0. The summed E-state index contributed by atoms with van der Waals surface area (Å²) in [4.78, 5) is 13.7. The molecule has 0 unspecified atom stereocenters. The number of hydrogen-bond acceptors (Lipinski definition) is 3. The molecule has 1 aliphatic rings. The highest BCUT2D eigenvalue weighted by molar-refractivity contribution is 7.80. The van der Waals surface area contributed by atoms with Gasteiger partial charge in [-0.05, 0) is 73.1 Å². The number of aromatic hydroxyl groups is 1. The van der Waals surface area contributed by atoms with Crippen LogP contribution in [0.5, 0.6) is 5.75 Å². The van der Waals surface area contributed by atoms with Crippen molar-refractivity contribution in [3.05, 3.63) is 64.6 Å². The van der Waals surface area contributed by atoms with Gasteiger partial charge in [-0.2, -0.15) is 0 Å². The van der Waals surface area contributed by atoms with Crippen LogP contribution in [0, 0.1) is 19.7 Å². The van der Waals surface area contributed by atoms with Crippen LogP contribution in [0.1, 0.15) is 16.7 Å². The average Bonchev–Trinajstić information content (AvgIpc) is 2.80. The van der Waals surface area contributed by atoms with E-state index in [0.717, 1.165) is 10.5 Å². The number of carbonyl (C=O) groups excluding carboxylic acids is 1. The zero-order chi connectivity index (χ0) is 17.4. The second kappa shape index (κ2) is 6.05. The molecule has 4 nitrogen and oxygen atoms in total. The number of nitrogens with one attached hydrogen (secondary N) is 1. The summed E-state index contributed by atoms with van der Waals surface area (Å²) in [6, 6.07) is 9.49. The number of amides is 1. The number of halogens is 1. The minimum atomic E-state index is -0.521. The number of anilines is 1. The third kappa shape index (κ3) is 2.76. The molecule has 0 atom stereocenters. The van der Waals surface area contributed by atoms with Crippen LogP contribution >= 0.6 is 12.2 Å². The van der Waals surface area contributed by atoms with E-state index in [4.69, 9.17) is 12.2 Å². The van der Waals surface area contributed by atoms with E-state index < -0.39 is 11.7 Å². The first-order chi connectivity index (χ1) is 11.4. The lowest BCUT2D eigenvalue weighted by atomic mass is 10.0. The first kappa shape index (κ1) is 16.1. The van der Waals surface area contributed by atoms with E-state index in [1.54, 1.807) is 44.2 Å². The molecule has 24 heavy (non-hydrogen) atoms. The predicted octanol–water partition coefficient (Wildman–Crippen LogP) is 3.41. The van der Waals surface area contributed by atoms with Gasteiger partial charge in [-0.1, -0.05) is 12.1 Å². The molecule has 0 aromatic heterocycles. The molecule has 2 N–H and O–H groups in total. The van der Waals surface area contributed by atoms with Gasteiger partial charge in [-0.15, -0.1) is 0 Å². The Morgan fingerprint density at radius 2 is 1.83 bits per heavy atom. The molecular formula is C18H15FN2O2S. The first-order valence-corrected chi connectivity index (χ1v) is 7.71. The monoisotopic (exact) mass is 342 g/mol. The summed E-state index contributed by atoms with van der Waals surface area (Å²) in [5.41, 5.74) is 2.53. The minimum Gasteiger partial charge on any atom is -0.507 e. The number of phenolic OH excluding ortho intramolecular Hbond substituents is 1. The Labute approximate surface area is 144 Å². The molecule has 1 amide bonds. The second-order valence-electron chi connectivity index (χ2n) is 5.58. The molecule has 6 heteroatoms. The van der Waals surface area contributed by atoms with Crippen LogP contribution in [-0.2, 0) is 4.79 Å². The van der Waals surface area contributed by atoms with Crippen molar-refractivity contribution in [1.82, 2.24) is 5.32 Å². The lowest BCUT2D eigenvalue weighted by Crippen LogP contribution is -2.31. The number of nitrogens with zero attached hydrogens (tertiary/aromatic N) is 1. The third-order valence-corrected chi connectivity index (χ3v) is 4.08. The Morgan fingerprint density at radius 3 is 2.46 bits per heavy atom. The van der Waals surface area contributed by atoms with Crippen LogP contribution in [-0.4, -0.2) is 16.1 Å². The van der Waals surface area contributed by atoms with Crippen LogP contribution in [0.3, 0.4) is 0 Å². The van der Waals surface area contributed by atoms with Gasteiger partial charge in [0.05, 0.1) is 5.69 Å². The maximum Gasteiger partial charge on any atom is 0.281 e. The van der Waals surface area contributed by atoms with Crippen molar-refractivity contribution in [2.75, 3.05) is 4.90 Å². The van der Waals surface area contributed by atoms with Gasteiger partial charge in [0.1, 0.15) is 17.3 Å². The minimum absolute atomic E-state index is 0.112. The molecule has 122 valence electrons. The number of thiocarbonyl (C=S) groups is 1. The lowest BCUT2D eigenvalue weighted by Gasteiger charge is -2.14. The number of hydrogen-bond donors (Lipinski definition) is 2. The van der Waals surface area contributed by atoms with Crippen molar-refractivity contribution in [3.63, 3.8) is 0 Å². The quantitative estimate of drug-likeness (QED) is 0.649. The van der Waals surface area contributed by atoms with E-state index >= 15 is 0 Å². The number of rotatable bonds is 2. The smallest absolute Gasteiger partial charge is 0.281 e. The molecule has 1 saturated heterocycles. The Bertz CT molecular complexity index is 869. The standard InChI is InChI=1S/C18H15FN2O2S/c1-10-7-12(8-11(2)16(10)22)9-14-17(23)21(18(24)20-14)15-6-4-3-5-13(15)19/h3-9,22H,1-2H3,(H,20,24)/b14-9+. The summed E-state index contributed by atoms with van der Waals surface area (Å²) in [5.74, 6) is -0.715. The van der Waals surface area contributed by atoms with Gasteiger partial charge in [0.15, 0.2) is 5.11 Å². The van der Waals surface area contributed by atoms with Gasteiger partial charge < -0.3 is 10.4 Å². The van der Waals surface area contributed by atoms with Crippen LogP contribution in [0.25, 0.3) is 6.08 Å². The predicted molar refractivity (Wildman–Crippen MR) is 95.2 cm³/mol. The maximum absolute atomic E-state index is 14.0. The van der Waals surface area contributed by atoms with Gasteiger partial charge in [0.25, 0.3) is 5.91 Å². The molecule has 2 aromatic carbocycles. The van der Waals surface area contributed by atoms with E-state index in [1.807, 2.05) is 0 Å². The van der Waals surface area contributed by atoms with Crippen LogP contribution in [0.4, 0.5) is 10.1 Å². The summed E-state index contributed by atoms with van der Waals surface area (Å²) in [6.45, 7) is 3.56. The zero-order valence-electron chi connectivity index (χ0n) is 13.1. The van der Waals surface area contributed by atoms with E-state index in [2.05, 4.69) is 5.32 Å². The largest absolute Gasteiger partial charge is 0.507 e. The highest BCUT2D eigenvalue weighted by atomic mass is 32.1. The third-order valence-electron chi connectivity index (χ3n) is 3.80. The van der Waals surface area contributed by atoms with E-state index in [1.165, 1.54) is 12.1 Å². The second-order valence-corrected chi connectivity index (χ2v) is 5.97. The fourth-order valence-corrected chi connectivity index (χ4v) is 2.92. The van der Waals surface area contributed by atoms with E-state index in [0.29, 0.717) is 11.1 Å². The number of para-hydroxylation sites is 1. The van der Waals surface area contributed by atoms with Crippen molar-refractivity contribution in [2.45, 2.75) is 13.8 Å². The van der Waals surface area contributed by atoms with Crippen LogP contribution in [0.2, 0.25) is 0 Å². The molecule has 1 fully saturated rings. The summed E-state index contributed by atoms with van der Waals surface area (Å²) < 4.78 is 14.0. The molecule has 0 spiro atoms. The van der Waals surface area contributed by atoms with E-state index in [-0.39, 0.29) is 22.2 Å². The highest BCUT2D eigenvalue weighted by Crippen LogP contribution is 2.27. The van der Waals surface area contributed by atoms with Crippen molar-refractivity contribution in [3.8, 4) is 5.75 Å². The Kier molecular flexibility index (Phi) is 4.07. The van der Waals surface area contributed by atoms with Crippen LogP contribution in [0.15, 0.2) is 42.1 Å². The topological polar surface area (TPSA) is 52.6 Å². The molecule has 0 saturated carbocycles. The number of phenols is 1.